The average molecular weight is 326 g/mol. The molecule has 0 amide bonds. The van der Waals surface area contributed by atoms with Crippen LogP contribution in [0.1, 0.15) is 23.4 Å². The molecule has 112 valence electrons. The van der Waals surface area contributed by atoms with E-state index in [-0.39, 0.29) is 10.6 Å². The van der Waals surface area contributed by atoms with E-state index in [9.17, 15) is 13.2 Å². The van der Waals surface area contributed by atoms with Crippen LogP contribution in [-0.2, 0) is 21.2 Å². The third kappa shape index (κ3) is 4.10. The molecule has 21 heavy (non-hydrogen) atoms. The van der Waals surface area contributed by atoms with Gasteiger partial charge in [-0.2, -0.15) is 0 Å². The molecule has 2 heterocycles. The Morgan fingerprint density at radius 1 is 1.33 bits per heavy atom. The van der Waals surface area contributed by atoms with Crippen LogP contribution in [0.25, 0.3) is 0 Å². The highest BCUT2D eigenvalue weighted by Gasteiger charge is 2.20. The third-order valence-corrected chi connectivity index (χ3v) is 5.88. The monoisotopic (exact) mass is 326 g/mol. The summed E-state index contributed by atoms with van der Waals surface area (Å²) < 4.78 is 27.2. The molecule has 6 nitrogen and oxygen atoms in total. The summed E-state index contributed by atoms with van der Waals surface area (Å²) in [6.07, 6.45) is 3.01. The van der Waals surface area contributed by atoms with Crippen molar-refractivity contribution < 1.29 is 18.3 Å². The minimum Gasteiger partial charge on any atom is -0.481 e. The van der Waals surface area contributed by atoms with E-state index in [2.05, 4.69) is 9.71 Å². The number of thiophene rings is 1. The summed E-state index contributed by atoms with van der Waals surface area (Å²) in [7, 11) is -3.67. The maximum Gasteiger partial charge on any atom is 0.308 e. The minimum atomic E-state index is -3.67. The van der Waals surface area contributed by atoms with Gasteiger partial charge in [0, 0.05) is 23.3 Å². The van der Waals surface area contributed by atoms with Crippen LogP contribution in [0.15, 0.2) is 40.9 Å². The molecule has 0 saturated carbocycles. The van der Waals surface area contributed by atoms with Crippen molar-refractivity contribution in [3.63, 3.8) is 0 Å². The number of nitrogens with one attached hydrogen (secondary N) is 1. The molecule has 0 saturated heterocycles. The quantitative estimate of drug-likeness (QED) is 0.844. The predicted octanol–water partition coefficient (Wildman–Crippen LogP) is 1.81. The summed E-state index contributed by atoms with van der Waals surface area (Å²) in [6.45, 7) is 1.73. The summed E-state index contributed by atoms with van der Waals surface area (Å²) in [5.74, 6) is -0.987. The number of sulfonamides is 1. The summed E-state index contributed by atoms with van der Waals surface area (Å²) in [6, 6.07) is 6.01. The molecule has 0 bridgehead atoms. The molecule has 0 aliphatic rings. The molecular weight excluding hydrogens is 312 g/mol. The first-order valence-corrected chi connectivity index (χ1v) is 8.41. The standard InChI is InChI=1S/C13H14N2O4S2/c1-9(10-4-6-14-7-5-10)15-21(18,19)13-3-2-11(20-13)8-12(16)17/h2-7,9,15H,8H2,1H3,(H,16,17)/t9-/m0/s1. The second-order valence-electron chi connectivity index (χ2n) is 4.41. The van der Waals surface area contributed by atoms with Gasteiger partial charge >= 0.3 is 5.97 Å². The number of nitrogens with zero attached hydrogens (tertiary/aromatic N) is 1. The molecule has 0 fully saturated rings. The van der Waals surface area contributed by atoms with Crippen molar-refractivity contribution in [2.75, 3.05) is 0 Å². The Kier molecular flexibility index (Phi) is 4.71. The van der Waals surface area contributed by atoms with Crippen LogP contribution in [0.3, 0.4) is 0 Å². The van der Waals surface area contributed by atoms with Crippen LogP contribution in [0.5, 0.6) is 0 Å². The summed E-state index contributed by atoms with van der Waals surface area (Å²) >= 11 is 0.962. The second-order valence-corrected chi connectivity index (χ2v) is 7.52. The van der Waals surface area contributed by atoms with Gasteiger partial charge in [0.1, 0.15) is 4.21 Å². The Bertz CT molecular complexity index is 726. The highest BCUT2D eigenvalue weighted by molar-refractivity contribution is 7.91. The lowest BCUT2D eigenvalue weighted by atomic mass is 10.1. The van der Waals surface area contributed by atoms with Gasteiger partial charge in [-0.1, -0.05) is 0 Å². The van der Waals surface area contributed by atoms with E-state index in [1.54, 1.807) is 31.5 Å². The highest BCUT2D eigenvalue weighted by atomic mass is 32.2. The van der Waals surface area contributed by atoms with Crippen molar-refractivity contribution >= 4 is 27.3 Å². The summed E-state index contributed by atoms with van der Waals surface area (Å²) in [5, 5.41) is 8.71. The fraction of sp³-hybridized carbons (Fsp3) is 0.231. The number of pyridine rings is 1. The van der Waals surface area contributed by atoms with Crippen LogP contribution >= 0.6 is 11.3 Å². The van der Waals surface area contributed by atoms with Gasteiger partial charge in [-0.25, -0.2) is 13.1 Å². The topological polar surface area (TPSA) is 96.4 Å². The minimum absolute atomic E-state index is 0.111. The first-order valence-electron chi connectivity index (χ1n) is 6.11. The highest BCUT2D eigenvalue weighted by Crippen LogP contribution is 2.24. The Labute approximate surface area is 126 Å². The molecular formula is C13H14N2O4S2. The smallest absolute Gasteiger partial charge is 0.308 e. The van der Waals surface area contributed by atoms with E-state index in [1.807, 2.05) is 0 Å². The van der Waals surface area contributed by atoms with Crippen LogP contribution < -0.4 is 4.72 Å². The zero-order valence-corrected chi connectivity index (χ0v) is 12.8. The summed E-state index contributed by atoms with van der Waals surface area (Å²) in [4.78, 5) is 15.0. The molecule has 1 atom stereocenters. The van der Waals surface area contributed by atoms with E-state index in [0.717, 1.165) is 16.9 Å². The SMILES string of the molecule is C[C@H](NS(=O)(=O)c1ccc(CC(=O)O)s1)c1ccncc1. The zero-order valence-electron chi connectivity index (χ0n) is 11.2. The van der Waals surface area contributed by atoms with Crippen molar-refractivity contribution in [2.45, 2.75) is 23.6 Å². The Balaban J connectivity index is 2.15. The van der Waals surface area contributed by atoms with Gasteiger partial charge in [0.25, 0.3) is 10.0 Å². The molecule has 0 aromatic carbocycles. The van der Waals surface area contributed by atoms with E-state index < -0.39 is 22.0 Å². The Hall–Kier alpha value is -1.77. The van der Waals surface area contributed by atoms with Gasteiger partial charge in [0.2, 0.25) is 0 Å². The zero-order chi connectivity index (χ0) is 15.5. The third-order valence-electron chi connectivity index (χ3n) is 2.77. The van der Waals surface area contributed by atoms with Crippen molar-refractivity contribution in [3.05, 3.63) is 47.1 Å². The van der Waals surface area contributed by atoms with E-state index in [0.29, 0.717) is 4.88 Å². The van der Waals surface area contributed by atoms with Crippen LogP contribution in [0.2, 0.25) is 0 Å². The van der Waals surface area contributed by atoms with Gasteiger partial charge in [0.05, 0.1) is 6.42 Å². The molecule has 0 unspecified atom stereocenters. The fourth-order valence-corrected chi connectivity index (χ4v) is 4.35. The number of hydrogen-bond acceptors (Lipinski definition) is 5. The molecule has 0 spiro atoms. The number of hydrogen-bond donors (Lipinski definition) is 2. The van der Waals surface area contributed by atoms with E-state index in [1.165, 1.54) is 12.1 Å². The molecule has 0 aliphatic heterocycles. The number of carboxylic acids is 1. The van der Waals surface area contributed by atoms with E-state index in [4.69, 9.17) is 5.11 Å². The molecule has 0 radical (unpaired) electrons. The van der Waals surface area contributed by atoms with Crippen molar-refractivity contribution in [1.29, 1.82) is 0 Å². The van der Waals surface area contributed by atoms with Crippen LogP contribution in [0.4, 0.5) is 0 Å². The van der Waals surface area contributed by atoms with Gasteiger partial charge in [-0.15, -0.1) is 11.3 Å². The van der Waals surface area contributed by atoms with Crippen molar-refractivity contribution in [1.82, 2.24) is 9.71 Å². The molecule has 2 N–H and O–H groups in total. The molecule has 2 aromatic rings. The second kappa shape index (κ2) is 6.33. The van der Waals surface area contributed by atoms with Crippen LogP contribution in [0, 0.1) is 0 Å². The lowest BCUT2D eigenvalue weighted by Gasteiger charge is -2.13. The summed E-state index contributed by atoms with van der Waals surface area (Å²) in [5.41, 5.74) is 0.802. The number of carbonyl (C=O) groups is 1. The fourth-order valence-electron chi connectivity index (χ4n) is 1.76. The first kappa shape index (κ1) is 15.6. The number of rotatable bonds is 6. The molecule has 8 heteroatoms. The average Bonchev–Trinajstić information content (AvgIpc) is 2.88. The van der Waals surface area contributed by atoms with E-state index >= 15 is 0 Å². The maximum absolute atomic E-state index is 12.3. The lowest BCUT2D eigenvalue weighted by Crippen LogP contribution is -2.26. The largest absolute Gasteiger partial charge is 0.481 e. The maximum atomic E-state index is 12.3. The Morgan fingerprint density at radius 2 is 2.00 bits per heavy atom. The molecule has 2 rings (SSSR count). The van der Waals surface area contributed by atoms with Crippen molar-refractivity contribution in [3.8, 4) is 0 Å². The number of aromatic nitrogens is 1. The molecule has 0 aliphatic carbocycles. The first-order chi connectivity index (χ1) is 9.88. The molecule has 2 aromatic heterocycles. The van der Waals surface area contributed by atoms with Gasteiger partial charge in [-0.05, 0) is 36.8 Å². The van der Waals surface area contributed by atoms with Gasteiger partial charge < -0.3 is 5.11 Å². The number of carboxylic acid groups (broad SMARTS) is 1. The lowest BCUT2D eigenvalue weighted by molar-refractivity contribution is -0.136. The van der Waals surface area contributed by atoms with Gasteiger partial charge in [0.15, 0.2) is 0 Å². The normalized spacial score (nSPS) is 13.0. The Morgan fingerprint density at radius 3 is 2.62 bits per heavy atom. The predicted molar refractivity (Wildman–Crippen MR) is 78.6 cm³/mol. The number of aliphatic carboxylic acids is 1. The van der Waals surface area contributed by atoms with Crippen molar-refractivity contribution in [2.24, 2.45) is 0 Å². The van der Waals surface area contributed by atoms with Crippen LogP contribution in [-0.4, -0.2) is 24.5 Å². The van der Waals surface area contributed by atoms with Gasteiger partial charge in [-0.3, -0.25) is 9.78 Å².